The fraction of sp³-hybridized carbons (Fsp3) is 0.160. The number of carbonyl (C=O) groups excluding carboxylic acids is 3. The Hall–Kier alpha value is -4.13. The van der Waals surface area contributed by atoms with Gasteiger partial charge < -0.3 is 20.7 Å². The van der Waals surface area contributed by atoms with Crippen LogP contribution < -0.4 is 20.7 Å². The quantitative estimate of drug-likeness (QED) is 0.559. The molecule has 32 heavy (non-hydrogen) atoms. The number of fused-ring (bicyclic) bond motifs is 1. The Bertz CT molecular complexity index is 1150. The summed E-state index contributed by atoms with van der Waals surface area (Å²) in [5.74, 6) is 0.0457. The largest absolute Gasteiger partial charge is 0.480 e. The van der Waals surface area contributed by atoms with Crippen LogP contribution in [0.15, 0.2) is 72.8 Å². The van der Waals surface area contributed by atoms with Crippen LogP contribution in [0.3, 0.4) is 0 Å². The molecule has 7 nitrogen and oxygen atoms in total. The number of para-hydroxylation sites is 1. The first-order valence-corrected chi connectivity index (χ1v) is 10.3. The van der Waals surface area contributed by atoms with Gasteiger partial charge in [-0.25, -0.2) is 0 Å². The Morgan fingerprint density at radius 1 is 0.906 bits per heavy atom. The first-order chi connectivity index (χ1) is 15.5. The summed E-state index contributed by atoms with van der Waals surface area (Å²) in [4.78, 5) is 36.4. The molecule has 0 fully saturated rings. The second-order valence-electron chi connectivity index (χ2n) is 7.55. The van der Waals surface area contributed by atoms with Crippen molar-refractivity contribution < 1.29 is 19.1 Å². The summed E-state index contributed by atoms with van der Waals surface area (Å²) in [6, 6.07) is 21.6. The average molecular weight is 429 g/mol. The second kappa shape index (κ2) is 9.34. The number of hydrogen-bond donors (Lipinski definition) is 3. The molecule has 0 spiro atoms. The van der Waals surface area contributed by atoms with E-state index in [9.17, 15) is 14.4 Å². The van der Waals surface area contributed by atoms with E-state index in [2.05, 4.69) is 16.0 Å². The van der Waals surface area contributed by atoms with Gasteiger partial charge in [-0.15, -0.1) is 0 Å². The van der Waals surface area contributed by atoms with Crippen molar-refractivity contribution in [1.82, 2.24) is 5.32 Å². The molecule has 3 aromatic carbocycles. The average Bonchev–Trinajstić information content (AvgIpc) is 3.22. The van der Waals surface area contributed by atoms with E-state index in [-0.39, 0.29) is 17.7 Å². The summed E-state index contributed by atoms with van der Waals surface area (Å²) >= 11 is 0. The van der Waals surface area contributed by atoms with Crippen molar-refractivity contribution in [1.29, 1.82) is 0 Å². The predicted octanol–water partition coefficient (Wildman–Crippen LogP) is 3.52. The molecular formula is C25H23N3O4. The lowest BCUT2D eigenvalue weighted by molar-refractivity contribution is -0.122. The van der Waals surface area contributed by atoms with Crippen molar-refractivity contribution in [3.05, 3.63) is 89.5 Å². The molecule has 3 aromatic rings. The number of rotatable bonds is 6. The van der Waals surface area contributed by atoms with E-state index in [4.69, 9.17) is 4.74 Å². The first-order valence-electron chi connectivity index (χ1n) is 10.3. The SMILES string of the molecule is CC(=O)Nc1cccc(CNC(=O)c2cccc(NC(=O)C3Cc4ccccc4O3)c2)c1. The van der Waals surface area contributed by atoms with Gasteiger partial charge in [0.25, 0.3) is 11.8 Å². The van der Waals surface area contributed by atoms with Crippen LogP contribution in [0.5, 0.6) is 5.75 Å². The van der Waals surface area contributed by atoms with Gasteiger partial charge in [-0.3, -0.25) is 14.4 Å². The maximum atomic E-state index is 12.6. The van der Waals surface area contributed by atoms with Crippen molar-refractivity contribution >= 4 is 29.1 Å². The lowest BCUT2D eigenvalue weighted by atomic mass is 10.1. The van der Waals surface area contributed by atoms with Crippen molar-refractivity contribution in [3.63, 3.8) is 0 Å². The van der Waals surface area contributed by atoms with Crippen LogP contribution in [0, 0.1) is 0 Å². The molecule has 1 aliphatic heterocycles. The van der Waals surface area contributed by atoms with E-state index in [0.717, 1.165) is 16.9 Å². The molecule has 1 unspecified atom stereocenters. The highest BCUT2D eigenvalue weighted by molar-refractivity contribution is 5.98. The van der Waals surface area contributed by atoms with Crippen LogP contribution in [-0.4, -0.2) is 23.8 Å². The third-order valence-electron chi connectivity index (χ3n) is 5.03. The monoisotopic (exact) mass is 429 g/mol. The highest BCUT2D eigenvalue weighted by Gasteiger charge is 2.28. The first kappa shape index (κ1) is 21.1. The molecule has 1 atom stereocenters. The van der Waals surface area contributed by atoms with Crippen LogP contribution in [0.2, 0.25) is 0 Å². The Morgan fingerprint density at radius 3 is 2.44 bits per heavy atom. The third-order valence-corrected chi connectivity index (χ3v) is 5.03. The van der Waals surface area contributed by atoms with Gasteiger partial charge in [0.15, 0.2) is 6.10 Å². The van der Waals surface area contributed by atoms with Gasteiger partial charge in [-0.05, 0) is 47.5 Å². The smallest absolute Gasteiger partial charge is 0.265 e. The predicted molar refractivity (Wildman–Crippen MR) is 122 cm³/mol. The molecule has 0 aromatic heterocycles. The number of nitrogens with one attached hydrogen (secondary N) is 3. The zero-order valence-corrected chi connectivity index (χ0v) is 17.6. The summed E-state index contributed by atoms with van der Waals surface area (Å²) in [5, 5.41) is 8.40. The zero-order chi connectivity index (χ0) is 22.5. The normalized spacial score (nSPS) is 14.1. The van der Waals surface area contributed by atoms with Crippen molar-refractivity contribution in [2.75, 3.05) is 10.6 Å². The summed E-state index contributed by atoms with van der Waals surface area (Å²) in [7, 11) is 0. The molecule has 7 heteroatoms. The maximum Gasteiger partial charge on any atom is 0.265 e. The molecule has 0 radical (unpaired) electrons. The number of ether oxygens (including phenoxy) is 1. The molecule has 0 saturated heterocycles. The van der Waals surface area contributed by atoms with Gasteiger partial charge in [-0.2, -0.15) is 0 Å². The number of amides is 3. The summed E-state index contributed by atoms with van der Waals surface area (Å²) in [6.45, 7) is 1.74. The van der Waals surface area contributed by atoms with E-state index in [1.165, 1.54) is 6.92 Å². The van der Waals surface area contributed by atoms with Crippen LogP contribution in [0.25, 0.3) is 0 Å². The minimum Gasteiger partial charge on any atom is -0.480 e. The molecule has 3 amide bonds. The highest BCUT2D eigenvalue weighted by Crippen LogP contribution is 2.28. The van der Waals surface area contributed by atoms with Gasteiger partial charge >= 0.3 is 0 Å². The van der Waals surface area contributed by atoms with Gasteiger partial charge in [0.2, 0.25) is 5.91 Å². The number of anilines is 2. The van der Waals surface area contributed by atoms with Gasteiger partial charge in [0.05, 0.1) is 0 Å². The number of hydrogen-bond acceptors (Lipinski definition) is 4. The van der Waals surface area contributed by atoms with Crippen molar-refractivity contribution in [3.8, 4) is 5.75 Å². The van der Waals surface area contributed by atoms with Crippen LogP contribution in [0.1, 0.15) is 28.4 Å². The van der Waals surface area contributed by atoms with E-state index in [1.54, 1.807) is 36.4 Å². The lowest BCUT2D eigenvalue weighted by Crippen LogP contribution is -2.31. The molecular weight excluding hydrogens is 406 g/mol. The standard InChI is InChI=1S/C25H23N3O4/c1-16(29)27-20-9-4-6-17(12-20)15-26-24(30)19-8-5-10-21(13-19)28-25(31)23-14-18-7-2-3-11-22(18)32-23/h2-13,23H,14-15H2,1H3,(H,26,30)(H,27,29)(H,28,31). The minimum absolute atomic E-state index is 0.156. The van der Waals surface area contributed by atoms with Crippen LogP contribution in [0.4, 0.5) is 11.4 Å². The van der Waals surface area contributed by atoms with Gasteiger partial charge in [-0.1, -0.05) is 36.4 Å². The van der Waals surface area contributed by atoms with Crippen molar-refractivity contribution in [2.45, 2.75) is 26.0 Å². The second-order valence-corrected chi connectivity index (χ2v) is 7.55. The Balaban J connectivity index is 1.35. The van der Waals surface area contributed by atoms with Crippen molar-refractivity contribution in [2.24, 2.45) is 0 Å². The molecule has 3 N–H and O–H groups in total. The van der Waals surface area contributed by atoms with E-state index in [1.807, 2.05) is 36.4 Å². The molecule has 1 aliphatic rings. The molecule has 4 rings (SSSR count). The summed E-state index contributed by atoms with van der Waals surface area (Å²) in [6.07, 6.45) is -0.0829. The third kappa shape index (κ3) is 5.13. The zero-order valence-electron chi connectivity index (χ0n) is 17.6. The molecule has 162 valence electrons. The lowest BCUT2D eigenvalue weighted by Gasteiger charge is -2.12. The molecule has 0 aliphatic carbocycles. The topological polar surface area (TPSA) is 96.5 Å². The summed E-state index contributed by atoms with van der Waals surface area (Å²) in [5.41, 5.74) is 3.48. The number of benzene rings is 3. The highest BCUT2D eigenvalue weighted by atomic mass is 16.5. The molecule has 0 bridgehead atoms. The maximum absolute atomic E-state index is 12.6. The Morgan fingerprint density at radius 2 is 1.66 bits per heavy atom. The van der Waals surface area contributed by atoms with E-state index >= 15 is 0 Å². The fourth-order valence-corrected chi connectivity index (χ4v) is 3.54. The minimum atomic E-state index is -0.597. The van der Waals surface area contributed by atoms with Gasteiger partial charge in [0, 0.05) is 36.8 Å². The van der Waals surface area contributed by atoms with E-state index < -0.39 is 6.10 Å². The Kier molecular flexibility index (Phi) is 6.17. The Labute approximate surface area is 185 Å². The molecule has 0 saturated carbocycles. The van der Waals surface area contributed by atoms with Crippen LogP contribution >= 0.6 is 0 Å². The van der Waals surface area contributed by atoms with Gasteiger partial charge in [0.1, 0.15) is 5.75 Å². The van der Waals surface area contributed by atoms with Crippen LogP contribution in [-0.2, 0) is 22.6 Å². The summed E-state index contributed by atoms with van der Waals surface area (Å²) < 4.78 is 5.72. The fourth-order valence-electron chi connectivity index (χ4n) is 3.54. The van der Waals surface area contributed by atoms with E-state index in [0.29, 0.717) is 29.9 Å². The number of carbonyl (C=O) groups is 3. The molecule has 1 heterocycles.